The maximum absolute atomic E-state index is 10.5. The zero-order chi connectivity index (χ0) is 22.8. The molecule has 0 bridgehead atoms. The molecule has 0 unspecified atom stereocenters. The summed E-state index contributed by atoms with van der Waals surface area (Å²) in [6.07, 6.45) is 14.9. The fourth-order valence-electron chi connectivity index (χ4n) is 9.38. The lowest BCUT2D eigenvalue weighted by molar-refractivity contribution is -0.0546. The molecule has 0 amide bonds. The van der Waals surface area contributed by atoms with E-state index in [-0.39, 0.29) is 6.10 Å². The van der Waals surface area contributed by atoms with Gasteiger partial charge in [-0.3, -0.25) is 0 Å². The first-order valence-electron chi connectivity index (χ1n) is 13.4. The molecular formula is C30H50O. The van der Waals surface area contributed by atoms with Gasteiger partial charge in [0.05, 0.1) is 6.10 Å². The average Bonchev–Trinajstić information content (AvgIpc) is 2.95. The minimum atomic E-state index is -0.0820. The Bertz CT molecular complexity index is 767. The van der Waals surface area contributed by atoms with Crippen molar-refractivity contribution < 1.29 is 5.11 Å². The lowest BCUT2D eigenvalue weighted by Crippen LogP contribution is -2.54. The standard InChI is InChI=1S/C30H50O/c1-20(2)10-9-11-21(3)23-13-16-30(8)25-19-27(4,5)26-18-22(31)12-15-28(26,6)24(25)14-17-29(23,30)7/h10,21-23,26,31H,9,11-19H2,1-8H3/t21-,22+,23-,26-,28-,29-,30+/m1/s1. The Labute approximate surface area is 193 Å². The summed E-state index contributed by atoms with van der Waals surface area (Å²) in [5.74, 6) is 2.31. The lowest BCUT2D eigenvalue weighted by atomic mass is 9.42. The van der Waals surface area contributed by atoms with Crippen molar-refractivity contribution in [1.29, 1.82) is 0 Å². The Morgan fingerprint density at radius 3 is 2.42 bits per heavy atom. The number of fused-ring (bicyclic) bond motifs is 4. The molecule has 1 N–H and O–H groups in total. The van der Waals surface area contributed by atoms with E-state index in [1.807, 2.05) is 11.1 Å². The first-order chi connectivity index (χ1) is 14.3. The molecule has 0 aromatic rings. The highest BCUT2D eigenvalue weighted by atomic mass is 16.3. The Balaban J connectivity index is 1.68. The summed E-state index contributed by atoms with van der Waals surface area (Å²) in [5.41, 5.74) is 6.62. The predicted octanol–water partition coefficient (Wildman–Crippen LogP) is 8.48. The summed E-state index contributed by atoms with van der Waals surface area (Å²) < 4.78 is 0. The second-order valence-electron chi connectivity index (χ2n) is 13.8. The highest BCUT2D eigenvalue weighted by Gasteiger charge is 2.63. The minimum Gasteiger partial charge on any atom is -0.393 e. The molecule has 4 rings (SSSR count). The molecule has 2 saturated carbocycles. The van der Waals surface area contributed by atoms with Crippen LogP contribution in [0, 0.1) is 39.4 Å². The number of allylic oxidation sites excluding steroid dienone is 4. The molecule has 0 aromatic carbocycles. The molecule has 7 atom stereocenters. The summed E-state index contributed by atoms with van der Waals surface area (Å²) in [6, 6.07) is 0. The van der Waals surface area contributed by atoms with Gasteiger partial charge in [0.25, 0.3) is 0 Å². The SMILES string of the molecule is CC(C)=CCC[C@@H](C)[C@H]1CC[C@@]2(C)C3=C(CC[C@]12C)[C@@]1(C)CC[C@H](O)C[C@@H]1C(C)(C)C3. The van der Waals surface area contributed by atoms with Crippen LogP contribution in [0.5, 0.6) is 0 Å². The van der Waals surface area contributed by atoms with E-state index in [4.69, 9.17) is 0 Å². The van der Waals surface area contributed by atoms with E-state index in [1.54, 1.807) is 0 Å². The quantitative estimate of drug-likeness (QED) is 0.447. The normalized spacial score (nSPS) is 44.9. The van der Waals surface area contributed by atoms with Gasteiger partial charge in [-0.25, -0.2) is 0 Å². The van der Waals surface area contributed by atoms with E-state index in [1.165, 1.54) is 56.9 Å². The number of aliphatic hydroxyl groups is 1. The summed E-state index contributed by atoms with van der Waals surface area (Å²) in [5, 5.41) is 10.5. The molecule has 0 spiro atoms. The van der Waals surface area contributed by atoms with E-state index in [9.17, 15) is 5.11 Å². The molecule has 1 heteroatoms. The van der Waals surface area contributed by atoms with Crippen LogP contribution in [0.3, 0.4) is 0 Å². The fourth-order valence-corrected chi connectivity index (χ4v) is 9.38. The molecule has 0 saturated heterocycles. The second kappa shape index (κ2) is 7.75. The summed E-state index contributed by atoms with van der Waals surface area (Å²) in [6.45, 7) is 20.0. The van der Waals surface area contributed by atoms with E-state index >= 15 is 0 Å². The van der Waals surface area contributed by atoms with Crippen molar-refractivity contribution in [3.63, 3.8) is 0 Å². The third-order valence-electron chi connectivity index (χ3n) is 11.4. The van der Waals surface area contributed by atoms with Crippen LogP contribution in [0.15, 0.2) is 22.8 Å². The van der Waals surface area contributed by atoms with Crippen molar-refractivity contribution in [3.05, 3.63) is 22.8 Å². The van der Waals surface area contributed by atoms with Gasteiger partial charge in [0.15, 0.2) is 0 Å². The van der Waals surface area contributed by atoms with E-state index in [0.29, 0.717) is 27.6 Å². The van der Waals surface area contributed by atoms with Crippen LogP contribution in [-0.4, -0.2) is 11.2 Å². The maximum atomic E-state index is 10.5. The molecule has 31 heavy (non-hydrogen) atoms. The van der Waals surface area contributed by atoms with Gasteiger partial charge in [-0.1, -0.05) is 64.3 Å². The maximum Gasteiger partial charge on any atom is 0.0543 e. The van der Waals surface area contributed by atoms with Gasteiger partial charge in [-0.15, -0.1) is 0 Å². The first-order valence-corrected chi connectivity index (χ1v) is 13.4. The van der Waals surface area contributed by atoms with Gasteiger partial charge in [-0.2, -0.15) is 0 Å². The van der Waals surface area contributed by atoms with Gasteiger partial charge in [0.2, 0.25) is 0 Å². The Hall–Kier alpha value is -0.560. The Kier molecular flexibility index (Phi) is 5.90. The number of hydrogen-bond acceptors (Lipinski definition) is 1. The largest absolute Gasteiger partial charge is 0.393 e. The van der Waals surface area contributed by atoms with Crippen LogP contribution in [0.4, 0.5) is 0 Å². The number of hydrogen-bond donors (Lipinski definition) is 1. The highest BCUT2D eigenvalue weighted by Crippen LogP contribution is 2.73. The molecule has 2 fully saturated rings. The summed E-state index contributed by atoms with van der Waals surface area (Å²) >= 11 is 0. The van der Waals surface area contributed by atoms with Crippen LogP contribution in [0.2, 0.25) is 0 Å². The van der Waals surface area contributed by atoms with Crippen LogP contribution in [0.1, 0.15) is 120 Å². The summed E-state index contributed by atoms with van der Waals surface area (Å²) in [4.78, 5) is 0. The van der Waals surface area contributed by atoms with Gasteiger partial charge in [0.1, 0.15) is 0 Å². The van der Waals surface area contributed by atoms with Crippen molar-refractivity contribution >= 4 is 0 Å². The topological polar surface area (TPSA) is 20.2 Å². The third-order valence-corrected chi connectivity index (χ3v) is 11.4. The summed E-state index contributed by atoms with van der Waals surface area (Å²) in [7, 11) is 0. The molecule has 0 radical (unpaired) electrons. The average molecular weight is 427 g/mol. The lowest BCUT2D eigenvalue weighted by Gasteiger charge is -2.63. The Morgan fingerprint density at radius 1 is 1.03 bits per heavy atom. The zero-order valence-corrected chi connectivity index (χ0v) is 21.9. The third kappa shape index (κ3) is 3.51. The number of aliphatic hydroxyl groups excluding tert-OH is 1. The highest BCUT2D eigenvalue weighted by molar-refractivity contribution is 5.39. The molecule has 4 aliphatic rings. The molecular weight excluding hydrogens is 376 g/mol. The van der Waals surface area contributed by atoms with Crippen molar-refractivity contribution in [3.8, 4) is 0 Å². The van der Waals surface area contributed by atoms with Crippen LogP contribution >= 0.6 is 0 Å². The molecule has 0 aromatic heterocycles. The number of rotatable bonds is 4. The van der Waals surface area contributed by atoms with Gasteiger partial charge < -0.3 is 5.11 Å². The predicted molar refractivity (Wildman–Crippen MR) is 133 cm³/mol. The Morgan fingerprint density at radius 2 is 1.74 bits per heavy atom. The monoisotopic (exact) mass is 426 g/mol. The molecule has 0 heterocycles. The van der Waals surface area contributed by atoms with Gasteiger partial charge in [0, 0.05) is 0 Å². The van der Waals surface area contributed by atoms with E-state index in [2.05, 4.69) is 61.5 Å². The second-order valence-corrected chi connectivity index (χ2v) is 13.8. The smallest absolute Gasteiger partial charge is 0.0543 e. The first kappa shape index (κ1) is 23.6. The van der Waals surface area contributed by atoms with Crippen LogP contribution < -0.4 is 0 Å². The van der Waals surface area contributed by atoms with E-state index < -0.39 is 0 Å². The molecule has 0 aliphatic heterocycles. The molecule has 4 aliphatic carbocycles. The van der Waals surface area contributed by atoms with Crippen LogP contribution in [0.25, 0.3) is 0 Å². The molecule has 1 nitrogen and oxygen atoms in total. The van der Waals surface area contributed by atoms with Crippen molar-refractivity contribution in [2.75, 3.05) is 0 Å². The molecule has 176 valence electrons. The van der Waals surface area contributed by atoms with Crippen molar-refractivity contribution in [2.24, 2.45) is 39.4 Å². The van der Waals surface area contributed by atoms with Gasteiger partial charge >= 0.3 is 0 Å². The van der Waals surface area contributed by atoms with E-state index in [0.717, 1.165) is 24.7 Å². The van der Waals surface area contributed by atoms with Crippen molar-refractivity contribution in [2.45, 2.75) is 126 Å². The minimum absolute atomic E-state index is 0.0820. The fraction of sp³-hybridized carbons (Fsp3) is 0.867. The zero-order valence-electron chi connectivity index (χ0n) is 21.9. The van der Waals surface area contributed by atoms with Crippen LogP contribution in [-0.2, 0) is 0 Å². The van der Waals surface area contributed by atoms with Gasteiger partial charge in [-0.05, 0) is 117 Å². The van der Waals surface area contributed by atoms with Crippen molar-refractivity contribution in [1.82, 2.24) is 0 Å².